The number of aliphatic hydroxyl groups excluding tert-OH is 1. The highest BCUT2D eigenvalue weighted by molar-refractivity contribution is 5.96. The number of nitrogens with one attached hydrogen (secondary N) is 1. The van der Waals surface area contributed by atoms with Crippen molar-refractivity contribution in [3.05, 3.63) is 34.9 Å². The van der Waals surface area contributed by atoms with E-state index in [0.29, 0.717) is 5.92 Å². The largest absolute Gasteiger partial charge is 0.388 e. The van der Waals surface area contributed by atoms with Gasteiger partial charge in [-0.1, -0.05) is 25.0 Å². The van der Waals surface area contributed by atoms with Crippen LogP contribution < -0.4 is 5.32 Å². The molecule has 3 unspecified atom stereocenters. The molecule has 0 saturated heterocycles. The number of hydrogen-bond acceptors (Lipinski definition) is 2. The van der Waals surface area contributed by atoms with Gasteiger partial charge >= 0.3 is 0 Å². The third-order valence-electron chi connectivity index (χ3n) is 5.49. The lowest BCUT2D eigenvalue weighted by Gasteiger charge is -2.19. The van der Waals surface area contributed by atoms with Gasteiger partial charge in [-0.3, -0.25) is 4.79 Å². The van der Waals surface area contributed by atoms with Crippen molar-refractivity contribution in [3.8, 4) is 0 Å². The molecular formula is C17H21NO2. The molecule has 3 heteroatoms. The summed E-state index contributed by atoms with van der Waals surface area (Å²) >= 11 is 0. The number of fused-ring (bicyclic) bond motifs is 2. The van der Waals surface area contributed by atoms with Crippen molar-refractivity contribution < 1.29 is 9.90 Å². The average Bonchev–Trinajstić information content (AvgIpc) is 3.21. The molecule has 2 N–H and O–H groups in total. The van der Waals surface area contributed by atoms with E-state index in [4.69, 9.17) is 0 Å². The molecule has 1 aromatic rings. The second kappa shape index (κ2) is 4.59. The molecule has 106 valence electrons. The summed E-state index contributed by atoms with van der Waals surface area (Å²) < 4.78 is 0. The van der Waals surface area contributed by atoms with Crippen molar-refractivity contribution in [1.29, 1.82) is 0 Å². The molecule has 3 nitrogen and oxygen atoms in total. The summed E-state index contributed by atoms with van der Waals surface area (Å²) in [4.78, 5) is 11.9. The molecule has 2 saturated carbocycles. The van der Waals surface area contributed by atoms with Crippen molar-refractivity contribution in [3.63, 3.8) is 0 Å². The first-order valence-electron chi connectivity index (χ1n) is 7.85. The van der Waals surface area contributed by atoms with Crippen LogP contribution in [0.3, 0.4) is 0 Å². The van der Waals surface area contributed by atoms with Crippen LogP contribution >= 0.6 is 0 Å². The first kappa shape index (κ1) is 12.4. The molecule has 1 amide bonds. The zero-order chi connectivity index (χ0) is 13.7. The fraction of sp³-hybridized carbons (Fsp3) is 0.588. The molecular weight excluding hydrogens is 250 g/mol. The third kappa shape index (κ3) is 1.87. The minimum absolute atomic E-state index is 0.00788. The second-order valence-electron chi connectivity index (χ2n) is 6.56. The first-order valence-corrected chi connectivity index (χ1v) is 7.85. The fourth-order valence-corrected chi connectivity index (χ4v) is 4.35. The highest BCUT2D eigenvalue weighted by Gasteiger charge is 2.54. The van der Waals surface area contributed by atoms with E-state index in [9.17, 15) is 9.90 Å². The summed E-state index contributed by atoms with van der Waals surface area (Å²) in [6, 6.07) is 5.96. The summed E-state index contributed by atoms with van der Waals surface area (Å²) in [5.74, 6) is 1.89. The van der Waals surface area contributed by atoms with Gasteiger partial charge in [0.25, 0.3) is 5.91 Å². The quantitative estimate of drug-likeness (QED) is 0.868. The zero-order valence-electron chi connectivity index (χ0n) is 11.6. The monoisotopic (exact) mass is 271 g/mol. The van der Waals surface area contributed by atoms with Crippen LogP contribution in [0.25, 0.3) is 0 Å². The van der Waals surface area contributed by atoms with Crippen molar-refractivity contribution in [2.75, 3.05) is 6.54 Å². The molecule has 3 atom stereocenters. The van der Waals surface area contributed by atoms with Crippen LogP contribution in [0.2, 0.25) is 0 Å². The van der Waals surface area contributed by atoms with Crippen LogP contribution in [0.15, 0.2) is 18.2 Å². The van der Waals surface area contributed by atoms with Crippen molar-refractivity contribution >= 4 is 5.91 Å². The fourth-order valence-electron chi connectivity index (χ4n) is 4.35. The summed E-state index contributed by atoms with van der Waals surface area (Å²) in [5.41, 5.74) is 2.80. The Morgan fingerprint density at radius 3 is 2.70 bits per heavy atom. The van der Waals surface area contributed by atoms with Crippen molar-refractivity contribution in [2.24, 2.45) is 17.8 Å². The molecule has 0 bridgehead atoms. The number of aliphatic hydroxyl groups is 1. The van der Waals surface area contributed by atoms with Crippen LogP contribution in [0.4, 0.5) is 0 Å². The van der Waals surface area contributed by atoms with Gasteiger partial charge in [-0.15, -0.1) is 0 Å². The van der Waals surface area contributed by atoms with Crippen LogP contribution in [0, 0.1) is 17.8 Å². The SMILES string of the molecule is O=C1NCCc2ccc(C(O)C3C4CCCCC43)cc21. The first-order chi connectivity index (χ1) is 9.75. The van der Waals surface area contributed by atoms with E-state index in [-0.39, 0.29) is 12.0 Å². The topological polar surface area (TPSA) is 49.3 Å². The molecule has 0 spiro atoms. The molecule has 0 radical (unpaired) electrons. The Labute approximate surface area is 119 Å². The number of rotatable bonds is 2. The van der Waals surface area contributed by atoms with Gasteiger partial charge in [-0.2, -0.15) is 0 Å². The smallest absolute Gasteiger partial charge is 0.251 e. The molecule has 4 rings (SSSR count). The van der Waals surface area contributed by atoms with Gasteiger partial charge in [0.15, 0.2) is 0 Å². The van der Waals surface area contributed by atoms with E-state index in [1.54, 1.807) is 0 Å². The summed E-state index contributed by atoms with van der Waals surface area (Å²) in [7, 11) is 0. The minimum atomic E-state index is -0.386. The Kier molecular flexibility index (Phi) is 2.84. The normalized spacial score (nSPS) is 32.9. The standard InChI is InChI=1S/C17H21NO2/c19-16(15-12-3-1-2-4-13(12)15)11-6-5-10-7-8-18-17(20)14(10)9-11/h5-6,9,12-13,15-16,19H,1-4,7-8H2,(H,18,20). The molecule has 2 aliphatic carbocycles. The maximum atomic E-state index is 11.9. The van der Waals surface area contributed by atoms with E-state index >= 15 is 0 Å². The van der Waals surface area contributed by atoms with Gasteiger partial charge in [-0.25, -0.2) is 0 Å². The van der Waals surface area contributed by atoms with Crippen molar-refractivity contribution in [1.82, 2.24) is 5.32 Å². The van der Waals surface area contributed by atoms with Crippen LogP contribution in [0.5, 0.6) is 0 Å². The van der Waals surface area contributed by atoms with E-state index < -0.39 is 0 Å². The van der Waals surface area contributed by atoms with Gasteiger partial charge < -0.3 is 10.4 Å². The van der Waals surface area contributed by atoms with Crippen LogP contribution in [-0.4, -0.2) is 17.6 Å². The van der Waals surface area contributed by atoms with E-state index in [1.165, 1.54) is 25.7 Å². The molecule has 3 aliphatic rings. The predicted molar refractivity (Wildman–Crippen MR) is 76.4 cm³/mol. The molecule has 1 heterocycles. The zero-order valence-corrected chi connectivity index (χ0v) is 11.6. The summed E-state index contributed by atoms with van der Waals surface area (Å²) in [6.45, 7) is 0.723. The molecule has 20 heavy (non-hydrogen) atoms. The van der Waals surface area contributed by atoms with Gasteiger partial charge in [0.1, 0.15) is 0 Å². The Hall–Kier alpha value is -1.35. The van der Waals surface area contributed by atoms with Gasteiger partial charge in [-0.05, 0) is 54.2 Å². The van der Waals surface area contributed by atoms with E-state index in [1.807, 2.05) is 18.2 Å². The molecule has 0 aromatic heterocycles. The van der Waals surface area contributed by atoms with Crippen LogP contribution in [0.1, 0.15) is 53.3 Å². The maximum absolute atomic E-state index is 11.9. The number of carbonyl (C=O) groups excluding carboxylic acids is 1. The summed E-state index contributed by atoms with van der Waals surface area (Å²) in [5, 5.41) is 13.5. The van der Waals surface area contributed by atoms with Gasteiger partial charge in [0.2, 0.25) is 0 Å². The average molecular weight is 271 g/mol. The Morgan fingerprint density at radius 1 is 1.20 bits per heavy atom. The van der Waals surface area contributed by atoms with Gasteiger partial charge in [0.05, 0.1) is 6.10 Å². The molecule has 1 aliphatic heterocycles. The van der Waals surface area contributed by atoms with Crippen molar-refractivity contribution in [2.45, 2.75) is 38.2 Å². The third-order valence-corrected chi connectivity index (χ3v) is 5.49. The summed E-state index contributed by atoms with van der Waals surface area (Å²) in [6.07, 6.45) is 5.69. The lowest BCUT2D eigenvalue weighted by molar-refractivity contribution is 0.0945. The highest BCUT2D eigenvalue weighted by Crippen LogP contribution is 2.60. The Balaban J connectivity index is 1.59. The lowest BCUT2D eigenvalue weighted by atomic mass is 9.94. The van der Waals surface area contributed by atoms with Crippen LogP contribution in [-0.2, 0) is 6.42 Å². The van der Waals surface area contributed by atoms with Gasteiger partial charge in [0, 0.05) is 12.1 Å². The maximum Gasteiger partial charge on any atom is 0.251 e. The lowest BCUT2D eigenvalue weighted by Crippen LogP contribution is -2.31. The van der Waals surface area contributed by atoms with E-state index in [0.717, 1.165) is 41.5 Å². The number of benzene rings is 1. The number of amides is 1. The number of hydrogen-bond donors (Lipinski definition) is 2. The van der Waals surface area contributed by atoms with E-state index in [2.05, 4.69) is 5.32 Å². The minimum Gasteiger partial charge on any atom is -0.388 e. The molecule has 1 aromatic carbocycles. The Bertz CT molecular complexity index is 542. The Morgan fingerprint density at radius 2 is 1.95 bits per heavy atom. The number of carbonyl (C=O) groups is 1. The predicted octanol–water partition coefficient (Wildman–Crippen LogP) is 2.44. The highest BCUT2D eigenvalue weighted by atomic mass is 16.3. The second-order valence-corrected chi connectivity index (χ2v) is 6.56. The molecule has 2 fully saturated rings.